The molecule has 38 heavy (non-hydrogen) atoms. The van der Waals surface area contributed by atoms with Crippen molar-refractivity contribution in [1.29, 1.82) is 0 Å². The minimum absolute atomic E-state index is 0.0120. The van der Waals surface area contributed by atoms with Gasteiger partial charge in [0.25, 0.3) is 0 Å². The standard InChI is InChI=1S/C28H34ClFN6.C2H6/c1-5-8-9-26(25(29)16-30)36-18-20(4)33-34-28(36)24-15-23(17-32-27(24)31)22-12-10-21(11-13-22)19-35(7-3)14-6-2;1-2/h5,8-13,15-17,26H,1,6-7,14,18-19H2,2-4H3,(H2,31,32);1-2H3/b9-8?,25-16-;. The fourth-order valence-corrected chi connectivity index (χ4v) is 4.30. The van der Waals surface area contributed by atoms with E-state index in [1.807, 2.05) is 31.7 Å². The van der Waals surface area contributed by atoms with Crippen molar-refractivity contribution >= 4 is 29.0 Å². The Labute approximate surface area is 232 Å². The number of hydrogen-bond donors (Lipinski definition) is 1. The van der Waals surface area contributed by atoms with Crippen LogP contribution in [0.3, 0.4) is 0 Å². The van der Waals surface area contributed by atoms with Crippen molar-refractivity contribution in [3.05, 3.63) is 83.8 Å². The normalized spacial score (nSPS) is 14.6. The van der Waals surface area contributed by atoms with Gasteiger partial charge in [-0.3, -0.25) is 4.90 Å². The van der Waals surface area contributed by atoms with Crippen molar-refractivity contribution in [2.45, 2.75) is 53.6 Å². The zero-order chi connectivity index (χ0) is 28.1. The number of pyridine rings is 1. The molecule has 2 N–H and O–H groups in total. The van der Waals surface area contributed by atoms with E-state index in [0.717, 1.165) is 42.9 Å². The first-order valence-corrected chi connectivity index (χ1v) is 13.5. The number of nitrogen functional groups attached to an aromatic ring is 1. The lowest BCUT2D eigenvalue weighted by Gasteiger charge is -2.34. The van der Waals surface area contributed by atoms with E-state index in [-0.39, 0.29) is 5.03 Å². The van der Waals surface area contributed by atoms with E-state index < -0.39 is 6.04 Å². The number of anilines is 1. The van der Waals surface area contributed by atoms with E-state index in [4.69, 9.17) is 17.3 Å². The highest BCUT2D eigenvalue weighted by Gasteiger charge is 2.28. The largest absolute Gasteiger partial charge is 0.383 e. The molecule has 6 nitrogen and oxygen atoms in total. The summed E-state index contributed by atoms with van der Waals surface area (Å²) in [5.74, 6) is 0.778. The quantitative estimate of drug-likeness (QED) is 0.307. The summed E-state index contributed by atoms with van der Waals surface area (Å²) < 4.78 is 13.5. The molecular weight excluding hydrogens is 499 g/mol. The summed E-state index contributed by atoms with van der Waals surface area (Å²) in [5.41, 5.74) is 10.8. The predicted molar refractivity (Wildman–Crippen MR) is 161 cm³/mol. The smallest absolute Gasteiger partial charge is 0.163 e. The lowest BCUT2D eigenvalue weighted by atomic mass is 10.0. The highest BCUT2D eigenvalue weighted by atomic mass is 35.5. The van der Waals surface area contributed by atoms with Crippen molar-refractivity contribution < 1.29 is 4.39 Å². The van der Waals surface area contributed by atoms with Crippen LogP contribution < -0.4 is 5.73 Å². The molecule has 0 saturated heterocycles. The second-order valence-corrected chi connectivity index (χ2v) is 9.11. The van der Waals surface area contributed by atoms with Gasteiger partial charge >= 0.3 is 0 Å². The molecule has 0 bridgehead atoms. The summed E-state index contributed by atoms with van der Waals surface area (Å²) in [6, 6.07) is 9.80. The summed E-state index contributed by atoms with van der Waals surface area (Å²) in [4.78, 5) is 8.71. The Morgan fingerprint density at radius 1 is 1.21 bits per heavy atom. The molecule has 0 aliphatic carbocycles. The van der Waals surface area contributed by atoms with Crippen molar-refractivity contribution in [3.63, 3.8) is 0 Å². The van der Waals surface area contributed by atoms with E-state index in [2.05, 4.69) is 64.8 Å². The van der Waals surface area contributed by atoms with E-state index in [9.17, 15) is 4.39 Å². The Bertz CT molecular complexity index is 1170. The third-order valence-corrected chi connectivity index (χ3v) is 6.28. The summed E-state index contributed by atoms with van der Waals surface area (Å²) in [5, 5.41) is 8.69. The minimum Gasteiger partial charge on any atom is -0.383 e. The van der Waals surface area contributed by atoms with Gasteiger partial charge in [0, 0.05) is 18.3 Å². The molecule has 1 aromatic carbocycles. The molecule has 0 saturated carbocycles. The van der Waals surface area contributed by atoms with Crippen LogP contribution in [0.1, 0.15) is 52.2 Å². The van der Waals surface area contributed by atoms with Crippen molar-refractivity contribution in [2.75, 3.05) is 25.4 Å². The van der Waals surface area contributed by atoms with E-state index >= 15 is 0 Å². The maximum absolute atomic E-state index is 13.5. The van der Waals surface area contributed by atoms with Gasteiger partial charge in [-0.2, -0.15) is 5.10 Å². The van der Waals surface area contributed by atoms with E-state index in [1.54, 1.807) is 24.4 Å². The minimum atomic E-state index is -0.606. The average molecular weight is 539 g/mol. The molecule has 2 heterocycles. The van der Waals surface area contributed by atoms with Gasteiger partial charge in [-0.1, -0.05) is 88.4 Å². The summed E-state index contributed by atoms with van der Waals surface area (Å²) in [6.45, 7) is 17.4. The fraction of sp³-hybridized carbons (Fsp3) is 0.367. The summed E-state index contributed by atoms with van der Waals surface area (Å²) in [6.07, 6.45) is 8.35. The number of allylic oxidation sites excluding steroid dienone is 2. The number of hydrogen-bond acceptors (Lipinski definition) is 6. The Hall–Kier alpha value is -3.29. The molecule has 8 heteroatoms. The molecule has 0 fully saturated rings. The molecule has 1 unspecified atom stereocenters. The maximum atomic E-state index is 13.5. The van der Waals surface area contributed by atoms with Crippen LogP contribution in [0.15, 0.2) is 82.9 Å². The Balaban J connectivity index is 0.00000247. The Kier molecular flexibility index (Phi) is 12.9. The topological polar surface area (TPSA) is 70.1 Å². The molecule has 2 aromatic rings. The van der Waals surface area contributed by atoms with Crippen molar-refractivity contribution in [1.82, 2.24) is 14.8 Å². The van der Waals surface area contributed by atoms with Crippen LogP contribution in [-0.4, -0.2) is 52.0 Å². The second kappa shape index (κ2) is 15.8. The molecule has 0 radical (unpaired) electrons. The average Bonchev–Trinajstić information content (AvgIpc) is 2.95. The van der Waals surface area contributed by atoms with Gasteiger partial charge in [-0.05, 0) is 43.6 Å². The monoisotopic (exact) mass is 538 g/mol. The zero-order valence-electron chi connectivity index (χ0n) is 23.2. The number of amidine groups is 1. The molecule has 1 aromatic heterocycles. The van der Waals surface area contributed by atoms with Gasteiger partial charge in [0.1, 0.15) is 12.1 Å². The van der Waals surface area contributed by atoms with Gasteiger partial charge in [-0.25, -0.2) is 9.37 Å². The molecule has 0 amide bonds. The lowest BCUT2D eigenvalue weighted by Crippen LogP contribution is -2.45. The number of aromatic nitrogens is 1. The lowest BCUT2D eigenvalue weighted by molar-refractivity contribution is 0.280. The van der Waals surface area contributed by atoms with Crippen LogP contribution >= 0.6 is 11.6 Å². The van der Waals surface area contributed by atoms with Crippen LogP contribution in [0.25, 0.3) is 11.1 Å². The first-order chi connectivity index (χ1) is 18.4. The van der Waals surface area contributed by atoms with E-state index in [0.29, 0.717) is 30.1 Å². The fourth-order valence-electron chi connectivity index (χ4n) is 4.11. The van der Waals surface area contributed by atoms with Crippen molar-refractivity contribution in [2.24, 2.45) is 10.2 Å². The van der Waals surface area contributed by atoms with E-state index in [1.165, 1.54) is 5.56 Å². The molecule has 204 valence electrons. The van der Waals surface area contributed by atoms with Crippen molar-refractivity contribution in [3.8, 4) is 11.1 Å². The number of nitrogens with two attached hydrogens (primary N) is 1. The maximum Gasteiger partial charge on any atom is 0.163 e. The highest BCUT2D eigenvalue weighted by molar-refractivity contribution is 6.30. The van der Waals surface area contributed by atoms with Gasteiger partial charge in [0.2, 0.25) is 0 Å². The number of nitrogens with zero attached hydrogens (tertiary/aromatic N) is 5. The van der Waals surface area contributed by atoms with Gasteiger partial charge < -0.3 is 10.6 Å². The summed E-state index contributed by atoms with van der Waals surface area (Å²) in [7, 11) is 0. The Morgan fingerprint density at radius 3 is 2.53 bits per heavy atom. The predicted octanol–water partition coefficient (Wildman–Crippen LogP) is 7.19. The molecule has 0 spiro atoms. The number of rotatable bonds is 11. The van der Waals surface area contributed by atoms with Gasteiger partial charge in [-0.15, -0.1) is 5.10 Å². The van der Waals surface area contributed by atoms with Crippen LogP contribution in [0.2, 0.25) is 0 Å². The van der Waals surface area contributed by atoms with Crippen LogP contribution in [0, 0.1) is 0 Å². The molecule has 1 atom stereocenters. The van der Waals surface area contributed by atoms with Crippen LogP contribution in [0.4, 0.5) is 10.2 Å². The van der Waals surface area contributed by atoms with Crippen LogP contribution in [0.5, 0.6) is 0 Å². The zero-order valence-corrected chi connectivity index (χ0v) is 23.9. The van der Waals surface area contributed by atoms with Gasteiger partial charge in [0.05, 0.1) is 28.9 Å². The third kappa shape index (κ3) is 8.10. The Morgan fingerprint density at radius 2 is 1.92 bits per heavy atom. The second-order valence-electron chi connectivity index (χ2n) is 8.67. The molecule has 1 aliphatic heterocycles. The molecule has 3 rings (SSSR count). The van der Waals surface area contributed by atoms with Gasteiger partial charge in [0.15, 0.2) is 5.84 Å². The highest BCUT2D eigenvalue weighted by Crippen LogP contribution is 2.28. The summed E-state index contributed by atoms with van der Waals surface area (Å²) >= 11 is 6.26. The third-order valence-electron chi connectivity index (χ3n) is 5.98. The van der Waals surface area contributed by atoms with Crippen LogP contribution in [-0.2, 0) is 6.54 Å². The SMILES string of the molecule is C=CC=CC(/C(Cl)=C/F)N1CC(C)=NN=C1c1cc(-c2ccc(CN(CC)CCC)cc2)cnc1N.CC. The first kappa shape index (κ1) is 30.9. The number of halogens is 2. The molecule has 1 aliphatic rings. The number of benzene rings is 1. The first-order valence-electron chi connectivity index (χ1n) is 13.1. The molecular formula is C30H40ClFN6.